The Kier molecular flexibility index (Phi) is 4.70. The molecule has 0 spiro atoms. The van der Waals surface area contributed by atoms with Gasteiger partial charge in [0.05, 0.1) is 5.69 Å². The second-order valence-corrected chi connectivity index (χ2v) is 6.84. The van der Waals surface area contributed by atoms with E-state index in [0.717, 1.165) is 10.5 Å². The highest BCUT2D eigenvalue weighted by Crippen LogP contribution is 2.29. The molecule has 0 saturated carbocycles. The van der Waals surface area contributed by atoms with E-state index < -0.39 is 35.7 Å². The van der Waals surface area contributed by atoms with Crippen molar-refractivity contribution in [2.24, 2.45) is 0 Å². The zero-order chi connectivity index (χ0) is 19.8. The topological polar surface area (TPSA) is 78.5 Å². The Morgan fingerprint density at radius 2 is 1.74 bits per heavy atom. The molecule has 1 saturated heterocycles. The first-order valence-corrected chi connectivity index (χ1v) is 8.48. The van der Waals surface area contributed by atoms with E-state index in [1.54, 1.807) is 32.0 Å². The fraction of sp³-hybridized carbons (Fsp3) is 0.250. The molecule has 7 heteroatoms. The standard InChI is InChI=1S/C20H20FN3O3/c1-12-4-7-14(8-5-12)20(3)18(26)24(19(27)23-20)11-17(25)22-16-9-6-13(2)10-15(16)21/h4-10H,11H2,1-3H3,(H,22,25)(H,23,27). The van der Waals surface area contributed by atoms with Crippen molar-refractivity contribution in [1.82, 2.24) is 10.2 Å². The van der Waals surface area contributed by atoms with Crippen LogP contribution in [0.2, 0.25) is 0 Å². The summed E-state index contributed by atoms with van der Waals surface area (Å²) < 4.78 is 13.9. The van der Waals surface area contributed by atoms with Gasteiger partial charge in [-0.1, -0.05) is 35.9 Å². The number of aryl methyl sites for hydroxylation is 2. The second kappa shape index (κ2) is 6.83. The average Bonchev–Trinajstić information content (AvgIpc) is 2.82. The monoisotopic (exact) mass is 369 g/mol. The van der Waals surface area contributed by atoms with Crippen LogP contribution in [0.1, 0.15) is 23.6 Å². The number of benzene rings is 2. The SMILES string of the molecule is Cc1ccc(C2(C)NC(=O)N(CC(=O)Nc3ccc(C)cc3F)C2=O)cc1. The van der Waals surface area contributed by atoms with Crippen LogP contribution < -0.4 is 10.6 Å². The molecular weight excluding hydrogens is 349 g/mol. The van der Waals surface area contributed by atoms with Crippen LogP contribution in [-0.4, -0.2) is 29.3 Å². The maximum absolute atomic E-state index is 13.9. The maximum atomic E-state index is 13.9. The van der Waals surface area contributed by atoms with Crippen molar-refractivity contribution in [2.75, 3.05) is 11.9 Å². The van der Waals surface area contributed by atoms with Crippen molar-refractivity contribution < 1.29 is 18.8 Å². The summed E-state index contributed by atoms with van der Waals surface area (Å²) in [5.41, 5.74) is 1.11. The van der Waals surface area contributed by atoms with Crippen LogP contribution in [0.15, 0.2) is 42.5 Å². The normalized spacial score (nSPS) is 19.2. The van der Waals surface area contributed by atoms with E-state index in [0.29, 0.717) is 11.1 Å². The van der Waals surface area contributed by atoms with Gasteiger partial charge in [-0.3, -0.25) is 14.5 Å². The molecule has 2 aromatic rings. The van der Waals surface area contributed by atoms with Gasteiger partial charge < -0.3 is 10.6 Å². The minimum atomic E-state index is -1.25. The number of hydrogen-bond acceptors (Lipinski definition) is 3. The summed E-state index contributed by atoms with van der Waals surface area (Å²) in [5.74, 6) is -1.77. The summed E-state index contributed by atoms with van der Waals surface area (Å²) in [7, 11) is 0. The highest BCUT2D eigenvalue weighted by atomic mass is 19.1. The predicted molar refractivity (Wildman–Crippen MR) is 98.5 cm³/mol. The lowest BCUT2D eigenvalue weighted by Crippen LogP contribution is -2.42. The lowest BCUT2D eigenvalue weighted by atomic mass is 9.91. The van der Waals surface area contributed by atoms with Crippen LogP contribution in [0.3, 0.4) is 0 Å². The van der Waals surface area contributed by atoms with Crippen molar-refractivity contribution in [3.05, 3.63) is 65.0 Å². The largest absolute Gasteiger partial charge is 0.325 e. The molecule has 2 N–H and O–H groups in total. The van der Waals surface area contributed by atoms with Gasteiger partial charge in [-0.25, -0.2) is 9.18 Å². The molecule has 0 aliphatic carbocycles. The molecule has 0 bridgehead atoms. The van der Waals surface area contributed by atoms with Crippen LogP contribution in [0.5, 0.6) is 0 Å². The van der Waals surface area contributed by atoms with Crippen molar-refractivity contribution in [2.45, 2.75) is 26.3 Å². The van der Waals surface area contributed by atoms with Gasteiger partial charge in [-0.05, 0) is 44.0 Å². The number of imide groups is 1. The molecular formula is C20H20FN3O3. The van der Waals surface area contributed by atoms with Gasteiger partial charge in [-0.15, -0.1) is 0 Å². The quantitative estimate of drug-likeness (QED) is 0.814. The van der Waals surface area contributed by atoms with E-state index in [1.807, 2.05) is 19.1 Å². The lowest BCUT2D eigenvalue weighted by Gasteiger charge is -2.22. The van der Waals surface area contributed by atoms with Crippen LogP contribution in [0, 0.1) is 19.7 Å². The van der Waals surface area contributed by atoms with E-state index >= 15 is 0 Å². The van der Waals surface area contributed by atoms with Crippen LogP contribution in [0.25, 0.3) is 0 Å². The van der Waals surface area contributed by atoms with Crippen molar-refractivity contribution >= 4 is 23.5 Å². The van der Waals surface area contributed by atoms with Crippen molar-refractivity contribution in [3.63, 3.8) is 0 Å². The molecule has 140 valence electrons. The predicted octanol–water partition coefficient (Wildman–Crippen LogP) is 2.85. The van der Waals surface area contributed by atoms with Gasteiger partial charge in [0.15, 0.2) is 0 Å². The number of nitrogens with one attached hydrogen (secondary N) is 2. The van der Waals surface area contributed by atoms with Crippen molar-refractivity contribution in [3.8, 4) is 0 Å². The summed E-state index contributed by atoms with van der Waals surface area (Å²) in [5, 5.41) is 5.03. The molecule has 0 aromatic heterocycles. The number of anilines is 1. The third-order valence-electron chi connectivity index (χ3n) is 4.60. The highest BCUT2D eigenvalue weighted by Gasteiger charge is 2.49. The summed E-state index contributed by atoms with van der Waals surface area (Å²) >= 11 is 0. The second-order valence-electron chi connectivity index (χ2n) is 6.84. The fourth-order valence-corrected chi connectivity index (χ4v) is 2.98. The molecule has 1 aliphatic heterocycles. The molecule has 27 heavy (non-hydrogen) atoms. The van der Waals surface area contributed by atoms with Gasteiger partial charge in [-0.2, -0.15) is 0 Å². The minimum Gasteiger partial charge on any atom is -0.322 e. The van der Waals surface area contributed by atoms with E-state index in [4.69, 9.17) is 0 Å². The Morgan fingerprint density at radius 1 is 1.11 bits per heavy atom. The molecule has 6 nitrogen and oxygen atoms in total. The molecule has 0 radical (unpaired) electrons. The molecule has 1 fully saturated rings. The van der Waals surface area contributed by atoms with Crippen LogP contribution in [-0.2, 0) is 15.1 Å². The fourth-order valence-electron chi connectivity index (χ4n) is 2.98. The van der Waals surface area contributed by atoms with Gasteiger partial charge >= 0.3 is 6.03 Å². The van der Waals surface area contributed by atoms with E-state index in [-0.39, 0.29) is 5.69 Å². The summed E-state index contributed by atoms with van der Waals surface area (Å²) in [6, 6.07) is 10.9. The number of urea groups is 1. The molecule has 1 heterocycles. The molecule has 1 aliphatic rings. The van der Waals surface area contributed by atoms with Gasteiger partial charge in [0, 0.05) is 0 Å². The Bertz CT molecular complexity index is 927. The number of amides is 4. The van der Waals surface area contributed by atoms with Crippen LogP contribution in [0.4, 0.5) is 14.9 Å². The number of rotatable bonds is 4. The van der Waals surface area contributed by atoms with Crippen molar-refractivity contribution in [1.29, 1.82) is 0 Å². The minimum absolute atomic E-state index is 0.000972. The number of carbonyl (C=O) groups excluding carboxylic acids is 3. The smallest absolute Gasteiger partial charge is 0.322 e. The number of hydrogen-bond donors (Lipinski definition) is 2. The average molecular weight is 369 g/mol. The van der Waals surface area contributed by atoms with E-state index in [2.05, 4.69) is 10.6 Å². The van der Waals surface area contributed by atoms with Gasteiger partial charge in [0.1, 0.15) is 17.9 Å². The zero-order valence-electron chi connectivity index (χ0n) is 15.3. The number of carbonyl (C=O) groups is 3. The Hall–Kier alpha value is -3.22. The van der Waals surface area contributed by atoms with E-state index in [9.17, 15) is 18.8 Å². The third-order valence-corrected chi connectivity index (χ3v) is 4.60. The molecule has 4 amide bonds. The first-order chi connectivity index (χ1) is 12.7. The molecule has 2 aromatic carbocycles. The van der Waals surface area contributed by atoms with Gasteiger partial charge in [0.25, 0.3) is 5.91 Å². The summed E-state index contributed by atoms with van der Waals surface area (Å²) in [6.07, 6.45) is 0. The third kappa shape index (κ3) is 3.53. The Balaban J connectivity index is 1.75. The first-order valence-electron chi connectivity index (χ1n) is 8.48. The number of nitrogens with zero attached hydrogens (tertiary/aromatic N) is 1. The van der Waals surface area contributed by atoms with Gasteiger partial charge in [0.2, 0.25) is 5.91 Å². The first kappa shape index (κ1) is 18.6. The number of halogens is 1. The lowest BCUT2D eigenvalue weighted by molar-refractivity contribution is -0.133. The molecule has 3 rings (SSSR count). The molecule has 1 atom stereocenters. The maximum Gasteiger partial charge on any atom is 0.325 e. The van der Waals surface area contributed by atoms with Crippen LogP contribution >= 0.6 is 0 Å². The summed E-state index contributed by atoms with van der Waals surface area (Å²) in [6.45, 7) is 4.74. The van der Waals surface area contributed by atoms with E-state index in [1.165, 1.54) is 12.1 Å². The molecule has 1 unspecified atom stereocenters. The Labute approximate surface area is 156 Å². The Morgan fingerprint density at radius 3 is 2.37 bits per heavy atom. The summed E-state index contributed by atoms with van der Waals surface area (Å²) in [4.78, 5) is 38.2. The highest BCUT2D eigenvalue weighted by molar-refractivity contribution is 6.10. The zero-order valence-corrected chi connectivity index (χ0v) is 15.3.